The molecular formula is C16H20N2O3S. The molecule has 3 rings (SSSR count). The highest BCUT2D eigenvalue weighted by atomic mass is 32.1. The van der Waals surface area contributed by atoms with Crippen LogP contribution in [0, 0.1) is 10.8 Å². The highest BCUT2D eigenvalue weighted by molar-refractivity contribution is 7.71. The van der Waals surface area contributed by atoms with Crippen LogP contribution in [0.2, 0.25) is 0 Å². The number of carbonyl (C=O) groups is 1. The van der Waals surface area contributed by atoms with Gasteiger partial charge in [-0.1, -0.05) is 12.1 Å². The third-order valence-electron chi connectivity index (χ3n) is 4.04. The zero-order valence-corrected chi connectivity index (χ0v) is 13.5. The molecule has 0 bridgehead atoms. The van der Waals surface area contributed by atoms with Crippen molar-refractivity contribution >= 4 is 29.3 Å². The minimum Gasteiger partial charge on any atom is -0.466 e. The van der Waals surface area contributed by atoms with Crippen LogP contribution < -0.4 is 0 Å². The van der Waals surface area contributed by atoms with Gasteiger partial charge in [-0.3, -0.25) is 14.3 Å². The summed E-state index contributed by atoms with van der Waals surface area (Å²) < 4.78 is 12.7. The van der Waals surface area contributed by atoms with Gasteiger partial charge in [-0.15, -0.1) is 0 Å². The Bertz CT molecular complexity index is 721. The quantitative estimate of drug-likeness (QED) is 0.639. The molecule has 1 aliphatic heterocycles. The van der Waals surface area contributed by atoms with Crippen LogP contribution >= 0.6 is 12.2 Å². The predicted molar refractivity (Wildman–Crippen MR) is 86.0 cm³/mol. The Hall–Kier alpha value is -1.66. The number of hydrogen-bond acceptors (Lipinski definition) is 5. The van der Waals surface area contributed by atoms with E-state index >= 15 is 0 Å². The first-order valence-corrected chi connectivity index (χ1v) is 8.07. The maximum atomic E-state index is 11.9. The number of piperidine rings is 1. The summed E-state index contributed by atoms with van der Waals surface area (Å²) in [6, 6.07) is 7.82. The number of benzene rings is 1. The highest BCUT2D eigenvalue weighted by Gasteiger charge is 2.27. The fourth-order valence-electron chi connectivity index (χ4n) is 2.98. The molecule has 0 amide bonds. The molecule has 0 aliphatic carbocycles. The Morgan fingerprint density at radius 1 is 1.45 bits per heavy atom. The lowest BCUT2D eigenvalue weighted by atomic mass is 9.98. The molecule has 1 aliphatic rings. The molecule has 1 atom stereocenters. The maximum absolute atomic E-state index is 11.9. The van der Waals surface area contributed by atoms with E-state index in [1.54, 1.807) is 0 Å². The zero-order valence-electron chi connectivity index (χ0n) is 12.7. The van der Waals surface area contributed by atoms with Gasteiger partial charge in [0, 0.05) is 6.54 Å². The summed E-state index contributed by atoms with van der Waals surface area (Å²) in [5.41, 5.74) is 1.79. The molecule has 2 heterocycles. The van der Waals surface area contributed by atoms with E-state index in [1.807, 2.05) is 35.8 Å². The number of fused-ring (bicyclic) bond motifs is 1. The lowest BCUT2D eigenvalue weighted by Crippen LogP contribution is -2.40. The van der Waals surface area contributed by atoms with Gasteiger partial charge >= 0.3 is 5.97 Å². The number of rotatable bonds is 4. The lowest BCUT2D eigenvalue weighted by Gasteiger charge is -2.31. The smallest absolute Gasteiger partial charge is 0.310 e. The van der Waals surface area contributed by atoms with Gasteiger partial charge in [0.25, 0.3) is 4.84 Å². The number of carbonyl (C=O) groups excluding carboxylic acids is 1. The minimum absolute atomic E-state index is 0.0407. The molecule has 22 heavy (non-hydrogen) atoms. The van der Waals surface area contributed by atoms with E-state index in [0.29, 0.717) is 24.7 Å². The third kappa shape index (κ3) is 3.08. The highest BCUT2D eigenvalue weighted by Crippen LogP contribution is 2.22. The Kier molecular flexibility index (Phi) is 4.59. The number of nitrogens with zero attached hydrogens (tertiary/aromatic N) is 2. The average molecular weight is 320 g/mol. The van der Waals surface area contributed by atoms with Crippen molar-refractivity contribution in [3.05, 3.63) is 29.1 Å². The molecule has 1 fully saturated rings. The van der Waals surface area contributed by atoms with Crippen LogP contribution in [0.3, 0.4) is 0 Å². The summed E-state index contributed by atoms with van der Waals surface area (Å²) >= 11 is 5.32. The monoisotopic (exact) mass is 320 g/mol. The van der Waals surface area contributed by atoms with Crippen LogP contribution in [0.4, 0.5) is 0 Å². The molecule has 6 heteroatoms. The van der Waals surface area contributed by atoms with E-state index in [-0.39, 0.29) is 11.9 Å². The molecule has 118 valence electrons. The first-order valence-electron chi connectivity index (χ1n) is 7.66. The van der Waals surface area contributed by atoms with Gasteiger partial charge in [0.1, 0.15) is 0 Å². The van der Waals surface area contributed by atoms with Crippen molar-refractivity contribution in [2.24, 2.45) is 5.92 Å². The second kappa shape index (κ2) is 6.62. The first kappa shape index (κ1) is 15.2. The van der Waals surface area contributed by atoms with Crippen molar-refractivity contribution in [2.45, 2.75) is 26.4 Å². The molecule has 1 saturated heterocycles. The molecular weight excluding hydrogens is 300 g/mol. The summed E-state index contributed by atoms with van der Waals surface area (Å²) in [6.07, 6.45) is 1.89. The lowest BCUT2D eigenvalue weighted by molar-refractivity contribution is -0.150. The standard InChI is InChI=1S/C16H20N2O3S/c1-2-20-15(19)12-6-5-9-17(10-12)11-18-13-7-3-4-8-14(13)21-16(18)22/h3-4,7-8,12H,2,5-6,9-11H2,1H3. The van der Waals surface area contributed by atoms with Gasteiger partial charge in [0.15, 0.2) is 5.58 Å². The van der Waals surface area contributed by atoms with Crippen LogP contribution in [-0.4, -0.2) is 35.1 Å². The molecule has 1 aromatic carbocycles. The van der Waals surface area contributed by atoms with Crippen LogP contribution in [0.1, 0.15) is 19.8 Å². The van der Waals surface area contributed by atoms with E-state index in [0.717, 1.165) is 30.5 Å². The van der Waals surface area contributed by atoms with E-state index in [4.69, 9.17) is 21.4 Å². The van der Waals surface area contributed by atoms with Gasteiger partial charge in [-0.05, 0) is 50.7 Å². The molecule has 0 radical (unpaired) electrons. The van der Waals surface area contributed by atoms with Crippen molar-refractivity contribution in [3.63, 3.8) is 0 Å². The average Bonchev–Trinajstić information content (AvgIpc) is 2.84. The summed E-state index contributed by atoms with van der Waals surface area (Å²) in [5, 5.41) is 0. The van der Waals surface area contributed by atoms with E-state index in [1.165, 1.54) is 0 Å². The number of ether oxygens (including phenoxy) is 1. The van der Waals surface area contributed by atoms with Crippen LogP contribution in [-0.2, 0) is 16.2 Å². The molecule has 2 aromatic rings. The number of hydrogen-bond donors (Lipinski definition) is 0. The molecule has 0 spiro atoms. The Morgan fingerprint density at radius 3 is 3.09 bits per heavy atom. The SMILES string of the molecule is CCOC(=O)C1CCCN(Cn2c(=S)oc3ccccc32)C1. The van der Waals surface area contributed by atoms with Crippen LogP contribution in [0.25, 0.3) is 11.1 Å². The number of aromatic nitrogens is 1. The van der Waals surface area contributed by atoms with Crippen molar-refractivity contribution in [3.8, 4) is 0 Å². The molecule has 0 saturated carbocycles. The molecule has 1 unspecified atom stereocenters. The number of esters is 1. The van der Waals surface area contributed by atoms with E-state index in [2.05, 4.69) is 4.90 Å². The predicted octanol–water partition coefficient (Wildman–Crippen LogP) is 3.20. The van der Waals surface area contributed by atoms with Gasteiger partial charge < -0.3 is 9.15 Å². The minimum atomic E-state index is -0.0900. The van der Waals surface area contributed by atoms with Crippen molar-refractivity contribution in [2.75, 3.05) is 19.7 Å². The fraction of sp³-hybridized carbons (Fsp3) is 0.500. The summed E-state index contributed by atoms with van der Waals surface area (Å²) in [7, 11) is 0. The second-order valence-electron chi connectivity index (χ2n) is 5.57. The number of oxazole rings is 1. The number of likely N-dealkylation sites (tertiary alicyclic amines) is 1. The van der Waals surface area contributed by atoms with Gasteiger partial charge in [-0.2, -0.15) is 0 Å². The van der Waals surface area contributed by atoms with Crippen LogP contribution in [0.15, 0.2) is 28.7 Å². The number of para-hydroxylation sites is 2. The maximum Gasteiger partial charge on any atom is 0.310 e. The molecule has 1 aromatic heterocycles. The van der Waals surface area contributed by atoms with Gasteiger partial charge in [0.2, 0.25) is 0 Å². The first-order chi connectivity index (χ1) is 10.7. The topological polar surface area (TPSA) is 47.6 Å². The van der Waals surface area contributed by atoms with Gasteiger partial charge in [0.05, 0.1) is 24.7 Å². The summed E-state index contributed by atoms with van der Waals surface area (Å²) in [5.74, 6) is -0.131. The Morgan fingerprint density at radius 2 is 2.27 bits per heavy atom. The Balaban J connectivity index is 1.76. The van der Waals surface area contributed by atoms with Crippen LogP contribution in [0.5, 0.6) is 0 Å². The fourth-order valence-corrected chi connectivity index (χ4v) is 3.23. The largest absolute Gasteiger partial charge is 0.466 e. The Labute approximate surface area is 134 Å². The third-order valence-corrected chi connectivity index (χ3v) is 4.34. The zero-order chi connectivity index (χ0) is 15.5. The summed E-state index contributed by atoms with van der Waals surface area (Å²) in [6.45, 7) is 4.59. The van der Waals surface area contributed by atoms with Gasteiger partial charge in [-0.25, -0.2) is 0 Å². The van der Waals surface area contributed by atoms with Crippen molar-refractivity contribution in [1.29, 1.82) is 0 Å². The molecule has 5 nitrogen and oxygen atoms in total. The van der Waals surface area contributed by atoms with E-state index < -0.39 is 0 Å². The summed E-state index contributed by atoms with van der Waals surface area (Å²) in [4.78, 5) is 14.6. The normalized spacial score (nSPS) is 19.4. The van der Waals surface area contributed by atoms with E-state index in [9.17, 15) is 4.79 Å². The molecule has 0 N–H and O–H groups in total. The second-order valence-corrected chi connectivity index (χ2v) is 5.92. The van der Waals surface area contributed by atoms with Crippen molar-refractivity contribution < 1.29 is 13.9 Å². The van der Waals surface area contributed by atoms with Crippen molar-refractivity contribution in [1.82, 2.24) is 9.47 Å².